The van der Waals surface area contributed by atoms with Crippen LogP contribution in [0.2, 0.25) is 0 Å². The molecule has 0 bridgehead atoms. The van der Waals surface area contributed by atoms with Gasteiger partial charge in [0.15, 0.2) is 5.82 Å². The fraction of sp³-hybridized carbons (Fsp3) is 0.353. The zero-order valence-corrected chi connectivity index (χ0v) is 14.6. The molecular weight excluding hydrogens is 309 g/mol. The Morgan fingerprint density at radius 3 is 2.26 bits per heavy atom. The molecule has 23 heavy (non-hydrogen) atoms. The molecule has 2 rings (SSSR count). The molecule has 0 saturated heterocycles. The summed E-state index contributed by atoms with van der Waals surface area (Å²) in [4.78, 5) is 20.4. The summed E-state index contributed by atoms with van der Waals surface area (Å²) >= 11 is 0. The van der Waals surface area contributed by atoms with Crippen molar-refractivity contribution in [2.75, 3.05) is 17.6 Å². The summed E-state index contributed by atoms with van der Waals surface area (Å²) in [5.74, 6) is 0.190. The number of carbonyl (C=O) groups excluding carboxylic acids is 1. The average molecular weight is 331 g/mol. The van der Waals surface area contributed by atoms with Gasteiger partial charge in [0.1, 0.15) is 0 Å². The van der Waals surface area contributed by atoms with Crippen molar-refractivity contribution in [3.05, 3.63) is 53.5 Å². The average Bonchev–Trinajstić information content (AvgIpc) is 2.57. The molecule has 0 aliphatic carbocycles. The van der Waals surface area contributed by atoms with E-state index in [0.29, 0.717) is 29.9 Å². The standard InChI is InChI=1S/C17H22N3O2P/c1-4-23(22,5-2)12-14-6-8-15(9-7-14)17(21)20-16-11-18-13(3)10-19-16/h6-11H,4-5,12H2,1-3H3,(H,19,20,21). The number of hydrogen-bond donors (Lipinski definition) is 1. The lowest BCUT2D eigenvalue weighted by atomic mass is 10.1. The Hall–Kier alpha value is -2.00. The molecule has 0 saturated carbocycles. The molecule has 0 fully saturated rings. The van der Waals surface area contributed by atoms with Gasteiger partial charge in [0, 0.05) is 11.7 Å². The number of rotatable bonds is 6. The molecular formula is C17H22N3O2P. The lowest BCUT2D eigenvalue weighted by Gasteiger charge is -2.14. The van der Waals surface area contributed by atoms with Crippen LogP contribution < -0.4 is 5.32 Å². The van der Waals surface area contributed by atoms with Gasteiger partial charge in [-0.15, -0.1) is 0 Å². The van der Waals surface area contributed by atoms with Gasteiger partial charge in [-0.1, -0.05) is 26.0 Å². The summed E-state index contributed by atoms with van der Waals surface area (Å²) in [6, 6.07) is 7.24. The van der Waals surface area contributed by atoms with Crippen LogP contribution in [0.25, 0.3) is 0 Å². The highest BCUT2D eigenvalue weighted by atomic mass is 31.2. The predicted molar refractivity (Wildman–Crippen MR) is 93.6 cm³/mol. The van der Waals surface area contributed by atoms with Crippen LogP contribution >= 0.6 is 7.14 Å². The zero-order valence-electron chi connectivity index (χ0n) is 13.7. The summed E-state index contributed by atoms with van der Waals surface area (Å²) in [5.41, 5.74) is 2.34. The molecule has 122 valence electrons. The Morgan fingerprint density at radius 1 is 1.09 bits per heavy atom. The van der Waals surface area contributed by atoms with Gasteiger partial charge in [0.05, 0.1) is 25.2 Å². The number of nitrogens with zero attached hydrogens (tertiary/aromatic N) is 2. The van der Waals surface area contributed by atoms with Crippen molar-refractivity contribution in [2.24, 2.45) is 0 Å². The molecule has 6 heteroatoms. The molecule has 1 N–H and O–H groups in total. The van der Waals surface area contributed by atoms with Crippen LogP contribution in [0.5, 0.6) is 0 Å². The van der Waals surface area contributed by atoms with Gasteiger partial charge in [0.2, 0.25) is 0 Å². The minimum absolute atomic E-state index is 0.233. The Kier molecular flexibility index (Phi) is 5.67. The normalized spacial score (nSPS) is 11.3. The summed E-state index contributed by atoms with van der Waals surface area (Å²) in [5, 5.41) is 2.71. The van der Waals surface area contributed by atoms with Gasteiger partial charge < -0.3 is 9.88 Å². The first-order chi connectivity index (χ1) is 11.0. The minimum Gasteiger partial charge on any atom is -0.323 e. The van der Waals surface area contributed by atoms with Crippen molar-refractivity contribution >= 4 is 18.9 Å². The minimum atomic E-state index is -2.12. The molecule has 2 aromatic rings. The maximum absolute atomic E-state index is 12.5. The molecule has 0 aliphatic rings. The molecule has 1 aromatic carbocycles. The second-order valence-electron chi connectivity index (χ2n) is 5.54. The molecule has 0 unspecified atom stereocenters. The van der Waals surface area contributed by atoms with Gasteiger partial charge in [-0.2, -0.15) is 0 Å². The van der Waals surface area contributed by atoms with Crippen LogP contribution in [-0.2, 0) is 10.7 Å². The number of aryl methyl sites for hydroxylation is 1. The van der Waals surface area contributed by atoms with Crippen LogP contribution in [0, 0.1) is 6.92 Å². The van der Waals surface area contributed by atoms with Gasteiger partial charge in [-0.3, -0.25) is 9.78 Å². The molecule has 1 heterocycles. The van der Waals surface area contributed by atoms with Crippen molar-refractivity contribution in [3.8, 4) is 0 Å². The van der Waals surface area contributed by atoms with Crippen molar-refractivity contribution < 1.29 is 9.36 Å². The summed E-state index contributed by atoms with van der Waals surface area (Å²) in [6.45, 7) is 5.77. The van der Waals surface area contributed by atoms with E-state index in [1.807, 2.05) is 32.9 Å². The summed E-state index contributed by atoms with van der Waals surface area (Å²) in [6.07, 6.45) is 5.13. The lowest BCUT2D eigenvalue weighted by molar-refractivity contribution is 0.102. The monoisotopic (exact) mass is 331 g/mol. The molecule has 1 amide bonds. The van der Waals surface area contributed by atoms with Gasteiger partial charge in [-0.25, -0.2) is 4.98 Å². The number of hydrogen-bond acceptors (Lipinski definition) is 4. The highest BCUT2D eigenvalue weighted by Gasteiger charge is 2.17. The third-order valence-electron chi connectivity index (χ3n) is 3.86. The lowest BCUT2D eigenvalue weighted by Crippen LogP contribution is -2.13. The number of benzene rings is 1. The molecule has 1 aromatic heterocycles. The van der Waals surface area contributed by atoms with Gasteiger partial charge >= 0.3 is 0 Å². The maximum atomic E-state index is 12.5. The van der Waals surface area contributed by atoms with Gasteiger partial charge in [-0.05, 0) is 36.9 Å². The smallest absolute Gasteiger partial charge is 0.256 e. The quantitative estimate of drug-likeness (QED) is 0.814. The van der Waals surface area contributed by atoms with Crippen LogP contribution in [-0.4, -0.2) is 28.2 Å². The summed E-state index contributed by atoms with van der Waals surface area (Å²) in [7, 11) is -2.12. The number of carbonyl (C=O) groups is 1. The second-order valence-corrected chi connectivity index (χ2v) is 9.24. The molecule has 0 atom stereocenters. The topological polar surface area (TPSA) is 72.0 Å². The van der Waals surface area contributed by atoms with Crippen LogP contribution in [0.4, 0.5) is 5.82 Å². The third kappa shape index (κ3) is 4.73. The number of nitrogens with one attached hydrogen (secondary N) is 1. The largest absolute Gasteiger partial charge is 0.323 e. The fourth-order valence-corrected chi connectivity index (χ4v) is 3.96. The third-order valence-corrected chi connectivity index (χ3v) is 7.11. The second kappa shape index (κ2) is 7.51. The first-order valence-corrected chi connectivity index (χ1v) is 9.98. The van der Waals surface area contributed by atoms with E-state index in [1.165, 1.54) is 6.20 Å². The van der Waals surface area contributed by atoms with E-state index in [9.17, 15) is 9.36 Å². The van der Waals surface area contributed by atoms with E-state index >= 15 is 0 Å². The molecule has 0 spiro atoms. The maximum Gasteiger partial charge on any atom is 0.256 e. The Balaban J connectivity index is 2.05. The summed E-state index contributed by atoms with van der Waals surface area (Å²) < 4.78 is 12.5. The molecule has 0 radical (unpaired) electrons. The Bertz CT molecular complexity index is 704. The molecule has 0 aliphatic heterocycles. The van der Waals surface area contributed by atoms with Crippen LogP contribution in [0.1, 0.15) is 35.5 Å². The van der Waals surface area contributed by atoms with Crippen molar-refractivity contribution in [2.45, 2.75) is 26.9 Å². The van der Waals surface area contributed by atoms with Gasteiger partial charge in [0.25, 0.3) is 5.91 Å². The Morgan fingerprint density at radius 2 is 1.74 bits per heavy atom. The zero-order chi connectivity index (χ0) is 16.9. The van der Waals surface area contributed by atoms with E-state index < -0.39 is 7.14 Å². The van der Waals surface area contributed by atoms with Crippen molar-refractivity contribution in [3.63, 3.8) is 0 Å². The predicted octanol–water partition coefficient (Wildman–Crippen LogP) is 3.94. The van der Waals surface area contributed by atoms with E-state index in [2.05, 4.69) is 15.3 Å². The van der Waals surface area contributed by atoms with Crippen LogP contribution in [0.3, 0.4) is 0 Å². The first kappa shape index (κ1) is 17.4. The van der Waals surface area contributed by atoms with E-state index in [0.717, 1.165) is 11.3 Å². The van der Waals surface area contributed by atoms with E-state index in [4.69, 9.17) is 0 Å². The van der Waals surface area contributed by atoms with E-state index in [-0.39, 0.29) is 5.91 Å². The SMILES string of the molecule is CCP(=O)(CC)Cc1ccc(C(=O)Nc2cnc(C)cn2)cc1. The fourth-order valence-electron chi connectivity index (χ4n) is 2.19. The number of amides is 1. The van der Waals surface area contributed by atoms with E-state index in [1.54, 1.807) is 18.3 Å². The van der Waals surface area contributed by atoms with Crippen LogP contribution in [0.15, 0.2) is 36.7 Å². The first-order valence-electron chi connectivity index (χ1n) is 7.72. The number of aromatic nitrogens is 2. The Labute approximate surface area is 136 Å². The highest BCUT2D eigenvalue weighted by molar-refractivity contribution is 7.63. The molecule has 5 nitrogen and oxygen atoms in total. The highest BCUT2D eigenvalue weighted by Crippen LogP contribution is 2.47. The van der Waals surface area contributed by atoms with Crippen molar-refractivity contribution in [1.29, 1.82) is 0 Å². The number of anilines is 1. The van der Waals surface area contributed by atoms with Crippen molar-refractivity contribution in [1.82, 2.24) is 9.97 Å².